The van der Waals surface area contributed by atoms with Crippen LogP contribution in [0.15, 0.2) is 29.4 Å². The first-order valence-corrected chi connectivity index (χ1v) is 9.16. The summed E-state index contributed by atoms with van der Waals surface area (Å²) in [5.41, 5.74) is 5.42. The number of nitrogens with zero attached hydrogens (tertiary/aromatic N) is 3. The third-order valence-corrected chi connectivity index (χ3v) is 6.05. The first-order valence-electron chi connectivity index (χ1n) is 7.72. The number of hydrogen-bond acceptors (Lipinski definition) is 5. The topological polar surface area (TPSA) is 112 Å². The number of aromatic nitrogens is 2. The molecule has 2 aromatic rings. The molecule has 25 heavy (non-hydrogen) atoms. The number of aromatic amines is 1. The maximum atomic E-state index is 12.9. The van der Waals surface area contributed by atoms with Gasteiger partial charge >= 0.3 is 0 Å². The molecule has 0 spiro atoms. The van der Waals surface area contributed by atoms with Gasteiger partial charge in [0.25, 0.3) is 0 Å². The van der Waals surface area contributed by atoms with Gasteiger partial charge in [0.2, 0.25) is 15.9 Å². The summed E-state index contributed by atoms with van der Waals surface area (Å²) in [4.78, 5) is 21.0. The first-order chi connectivity index (χ1) is 11.2. The van der Waals surface area contributed by atoms with Crippen LogP contribution in [0.4, 0.5) is 0 Å². The summed E-state index contributed by atoms with van der Waals surface area (Å²) in [5.74, 6) is -0.171. The highest BCUT2D eigenvalue weighted by Gasteiger charge is 2.35. The molecule has 3 heterocycles. The Hall–Kier alpha value is -1.68. The molecule has 0 unspecified atom stereocenters. The summed E-state index contributed by atoms with van der Waals surface area (Å²) < 4.78 is 27.2. The zero-order chi connectivity index (χ0) is 17.5. The number of fused-ring (bicyclic) bond motifs is 1. The van der Waals surface area contributed by atoms with Crippen LogP contribution < -0.4 is 5.73 Å². The zero-order valence-corrected chi connectivity index (χ0v) is 15.7. The molecule has 0 bridgehead atoms. The molecule has 1 saturated heterocycles. The molecule has 10 heteroatoms. The fourth-order valence-electron chi connectivity index (χ4n) is 2.82. The monoisotopic (exact) mass is 387 g/mol. The van der Waals surface area contributed by atoms with E-state index in [4.69, 9.17) is 5.73 Å². The Bertz CT molecular complexity index is 867. The summed E-state index contributed by atoms with van der Waals surface area (Å²) in [6, 6.07) is 3.43. The van der Waals surface area contributed by atoms with Crippen LogP contribution in [0, 0.1) is 0 Å². The third kappa shape index (κ3) is 3.64. The van der Waals surface area contributed by atoms with E-state index in [1.165, 1.54) is 10.5 Å². The molecule has 1 fully saturated rings. The second kappa shape index (κ2) is 6.91. The quantitative estimate of drug-likeness (QED) is 0.798. The van der Waals surface area contributed by atoms with Gasteiger partial charge < -0.3 is 15.6 Å². The highest BCUT2D eigenvalue weighted by atomic mass is 35.5. The molecule has 0 atom stereocenters. The summed E-state index contributed by atoms with van der Waals surface area (Å²) >= 11 is 0. The Balaban J connectivity index is 0.00000225. The van der Waals surface area contributed by atoms with E-state index in [1.807, 2.05) is 0 Å². The van der Waals surface area contributed by atoms with Crippen LogP contribution in [-0.4, -0.2) is 65.2 Å². The molecule has 2 aromatic heterocycles. The van der Waals surface area contributed by atoms with Crippen LogP contribution in [0.5, 0.6) is 0 Å². The predicted molar refractivity (Wildman–Crippen MR) is 96.9 cm³/mol. The molecule has 1 aliphatic rings. The molecule has 3 rings (SSSR count). The lowest BCUT2D eigenvalue weighted by Gasteiger charge is -2.36. The molecule has 0 radical (unpaired) electrons. The van der Waals surface area contributed by atoms with E-state index in [1.54, 1.807) is 37.1 Å². The second-order valence-electron chi connectivity index (χ2n) is 6.47. The number of nitrogens with two attached hydrogens (primary N) is 1. The fraction of sp³-hybridized carbons (Fsp3) is 0.467. The Morgan fingerprint density at radius 1 is 1.28 bits per heavy atom. The van der Waals surface area contributed by atoms with Crippen LogP contribution in [0.1, 0.15) is 13.8 Å². The lowest BCUT2D eigenvalue weighted by atomic mass is 10.1. The van der Waals surface area contributed by atoms with Gasteiger partial charge in [-0.15, -0.1) is 12.4 Å². The van der Waals surface area contributed by atoms with Gasteiger partial charge in [0.1, 0.15) is 10.5 Å². The number of H-pyrrole nitrogens is 1. The van der Waals surface area contributed by atoms with Gasteiger partial charge in [0, 0.05) is 44.0 Å². The SMILES string of the molecule is CC(C)(N)C(=O)N1CCN(S(=O)(=O)c2c[nH]c3ncccc23)CC1.Cl. The number of sulfonamides is 1. The molecule has 0 aliphatic carbocycles. The molecule has 3 N–H and O–H groups in total. The van der Waals surface area contributed by atoms with Crippen molar-refractivity contribution >= 4 is 39.4 Å². The Kier molecular flexibility index (Phi) is 5.43. The fourth-order valence-corrected chi connectivity index (χ4v) is 4.40. The summed E-state index contributed by atoms with van der Waals surface area (Å²) in [7, 11) is -3.64. The zero-order valence-electron chi connectivity index (χ0n) is 14.1. The maximum absolute atomic E-state index is 12.9. The number of amides is 1. The third-order valence-electron chi connectivity index (χ3n) is 4.11. The van der Waals surface area contributed by atoms with Gasteiger partial charge in [-0.2, -0.15) is 4.31 Å². The van der Waals surface area contributed by atoms with Crippen LogP contribution >= 0.6 is 12.4 Å². The van der Waals surface area contributed by atoms with E-state index in [2.05, 4.69) is 9.97 Å². The lowest BCUT2D eigenvalue weighted by Crippen LogP contribution is -2.57. The van der Waals surface area contributed by atoms with E-state index in [0.29, 0.717) is 24.1 Å². The molecular formula is C15H22ClN5O3S. The van der Waals surface area contributed by atoms with Gasteiger partial charge in [-0.3, -0.25) is 4.79 Å². The van der Waals surface area contributed by atoms with E-state index >= 15 is 0 Å². The molecule has 1 amide bonds. The Morgan fingerprint density at radius 2 is 1.92 bits per heavy atom. The van der Waals surface area contributed by atoms with E-state index < -0.39 is 15.6 Å². The summed E-state index contributed by atoms with van der Waals surface area (Å²) in [6.45, 7) is 4.46. The molecule has 1 aliphatic heterocycles. The van der Waals surface area contributed by atoms with Crippen LogP contribution in [0.25, 0.3) is 11.0 Å². The highest BCUT2D eigenvalue weighted by molar-refractivity contribution is 7.89. The minimum atomic E-state index is -3.64. The van der Waals surface area contributed by atoms with Crippen molar-refractivity contribution in [2.24, 2.45) is 5.73 Å². The summed E-state index contributed by atoms with van der Waals surface area (Å²) in [5, 5.41) is 0.569. The van der Waals surface area contributed by atoms with Crippen LogP contribution in [0.2, 0.25) is 0 Å². The molecule has 0 aromatic carbocycles. The van der Waals surface area contributed by atoms with Crippen LogP contribution in [0.3, 0.4) is 0 Å². The van der Waals surface area contributed by atoms with E-state index in [-0.39, 0.29) is 36.3 Å². The first kappa shape index (κ1) is 19.6. The van der Waals surface area contributed by atoms with Gasteiger partial charge in [-0.25, -0.2) is 13.4 Å². The Morgan fingerprint density at radius 3 is 2.52 bits per heavy atom. The van der Waals surface area contributed by atoms with E-state index in [0.717, 1.165) is 0 Å². The number of nitrogens with one attached hydrogen (secondary N) is 1. The van der Waals surface area contributed by atoms with Gasteiger partial charge in [0.15, 0.2) is 0 Å². The largest absolute Gasteiger partial charge is 0.345 e. The number of carbonyl (C=O) groups excluding carboxylic acids is 1. The highest BCUT2D eigenvalue weighted by Crippen LogP contribution is 2.25. The second-order valence-corrected chi connectivity index (χ2v) is 8.38. The normalized spacial score (nSPS) is 16.7. The lowest BCUT2D eigenvalue weighted by molar-refractivity contribution is -0.137. The molecule has 138 valence electrons. The van der Waals surface area contributed by atoms with Crippen molar-refractivity contribution in [3.05, 3.63) is 24.5 Å². The number of piperazine rings is 1. The number of rotatable bonds is 3. The standard InChI is InChI=1S/C15H21N5O3S.ClH/c1-15(2,16)14(21)19-6-8-20(9-7-19)24(22,23)12-10-18-13-11(12)4-3-5-17-13;/h3-5,10H,6-9,16H2,1-2H3,(H,17,18);1H. The van der Waals surface area contributed by atoms with Crippen molar-refractivity contribution in [3.63, 3.8) is 0 Å². The molecular weight excluding hydrogens is 366 g/mol. The maximum Gasteiger partial charge on any atom is 0.245 e. The van der Waals surface area contributed by atoms with Crippen molar-refractivity contribution in [1.29, 1.82) is 0 Å². The average molecular weight is 388 g/mol. The predicted octanol–water partition coefficient (Wildman–Crippen LogP) is 0.555. The van der Waals surface area contributed by atoms with Gasteiger partial charge in [0.05, 0.1) is 5.54 Å². The van der Waals surface area contributed by atoms with Crippen molar-refractivity contribution < 1.29 is 13.2 Å². The smallest absolute Gasteiger partial charge is 0.245 e. The number of halogens is 1. The number of carbonyl (C=O) groups is 1. The number of hydrogen-bond donors (Lipinski definition) is 2. The molecule has 0 saturated carbocycles. The average Bonchev–Trinajstić information content (AvgIpc) is 2.98. The van der Waals surface area contributed by atoms with Crippen molar-refractivity contribution in [3.8, 4) is 0 Å². The van der Waals surface area contributed by atoms with Crippen molar-refractivity contribution in [1.82, 2.24) is 19.2 Å². The summed E-state index contributed by atoms with van der Waals surface area (Å²) in [6.07, 6.45) is 3.07. The van der Waals surface area contributed by atoms with Crippen molar-refractivity contribution in [2.45, 2.75) is 24.3 Å². The van der Waals surface area contributed by atoms with Gasteiger partial charge in [-0.05, 0) is 26.0 Å². The number of pyridine rings is 1. The Labute approximate surface area is 152 Å². The van der Waals surface area contributed by atoms with Gasteiger partial charge in [-0.1, -0.05) is 0 Å². The van der Waals surface area contributed by atoms with Crippen LogP contribution in [-0.2, 0) is 14.8 Å². The minimum absolute atomic E-state index is 0. The van der Waals surface area contributed by atoms with E-state index in [9.17, 15) is 13.2 Å². The van der Waals surface area contributed by atoms with Crippen molar-refractivity contribution in [2.75, 3.05) is 26.2 Å². The minimum Gasteiger partial charge on any atom is -0.345 e. The molecule has 8 nitrogen and oxygen atoms in total.